The molecule has 0 spiro atoms. The molecule has 2 rings (SSSR count). The Kier molecular flexibility index (Phi) is 11.4. The molecule has 0 aromatic heterocycles. The van der Waals surface area contributed by atoms with E-state index in [1.54, 1.807) is 29.2 Å². The monoisotopic (exact) mass is 457 g/mol. The summed E-state index contributed by atoms with van der Waals surface area (Å²) >= 11 is 0. The third-order valence-corrected chi connectivity index (χ3v) is 6.50. The van der Waals surface area contributed by atoms with Gasteiger partial charge in [0.15, 0.2) is 0 Å². The number of hydrogen-bond donors (Lipinski definition) is 2. The summed E-state index contributed by atoms with van der Waals surface area (Å²) in [4.78, 5) is 41.1. The zero-order valence-electron chi connectivity index (χ0n) is 20.9. The van der Waals surface area contributed by atoms with Crippen molar-refractivity contribution in [1.82, 2.24) is 15.5 Å². The molecule has 0 heterocycles. The molecule has 0 unspecified atom stereocenters. The highest BCUT2D eigenvalue weighted by atomic mass is 16.2. The van der Waals surface area contributed by atoms with Crippen LogP contribution < -0.4 is 10.6 Å². The lowest BCUT2D eigenvalue weighted by atomic mass is 9.84. The molecule has 2 N–H and O–H groups in total. The normalized spacial score (nSPS) is 16.2. The average molecular weight is 458 g/mol. The maximum Gasteiger partial charge on any atom is 0.251 e. The van der Waals surface area contributed by atoms with Crippen molar-refractivity contribution in [3.8, 4) is 0 Å². The molecule has 1 aromatic rings. The van der Waals surface area contributed by atoms with Gasteiger partial charge in [-0.05, 0) is 43.2 Å². The van der Waals surface area contributed by atoms with Gasteiger partial charge in [-0.2, -0.15) is 0 Å². The van der Waals surface area contributed by atoms with E-state index in [2.05, 4.69) is 17.6 Å². The first-order chi connectivity index (χ1) is 15.8. The molecule has 0 saturated heterocycles. The van der Waals surface area contributed by atoms with Crippen LogP contribution in [0.4, 0.5) is 0 Å². The number of nitrogens with one attached hydrogen (secondary N) is 2. The zero-order chi connectivity index (χ0) is 24.2. The number of likely N-dealkylation sites (N-methyl/N-ethyl adjacent to an activating group) is 1. The fraction of sp³-hybridized carbons (Fsp3) is 0.667. The van der Waals surface area contributed by atoms with E-state index in [9.17, 15) is 14.4 Å². The Morgan fingerprint density at radius 3 is 2.27 bits per heavy atom. The van der Waals surface area contributed by atoms with Gasteiger partial charge in [0.1, 0.15) is 12.1 Å². The topological polar surface area (TPSA) is 78.5 Å². The molecule has 0 aliphatic heterocycles. The molecule has 1 aromatic carbocycles. The van der Waals surface area contributed by atoms with Gasteiger partial charge in [-0.3, -0.25) is 14.4 Å². The molecule has 0 radical (unpaired) electrons. The van der Waals surface area contributed by atoms with Gasteiger partial charge in [0.05, 0.1) is 0 Å². The average Bonchev–Trinajstić information content (AvgIpc) is 2.82. The SMILES string of the molecule is CCCCN(C)C(=O)[C@H](CC1CCCCC1)NC(=O)[C@H](CC(C)C)NC(=O)c1ccccc1. The number of benzene rings is 1. The largest absolute Gasteiger partial charge is 0.344 e. The van der Waals surface area contributed by atoms with E-state index in [0.29, 0.717) is 30.9 Å². The van der Waals surface area contributed by atoms with Crippen LogP contribution in [0.25, 0.3) is 0 Å². The predicted octanol–water partition coefficient (Wildman–Crippen LogP) is 4.54. The van der Waals surface area contributed by atoms with Crippen molar-refractivity contribution in [2.75, 3.05) is 13.6 Å². The van der Waals surface area contributed by atoms with Crippen molar-refractivity contribution in [3.05, 3.63) is 35.9 Å². The second-order valence-electron chi connectivity index (χ2n) is 9.94. The lowest BCUT2D eigenvalue weighted by molar-refractivity contribution is -0.136. The van der Waals surface area contributed by atoms with E-state index in [0.717, 1.165) is 25.7 Å². The lowest BCUT2D eigenvalue weighted by Gasteiger charge is -2.31. The van der Waals surface area contributed by atoms with Crippen molar-refractivity contribution >= 4 is 17.7 Å². The summed E-state index contributed by atoms with van der Waals surface area (Å²) < 4.78 is 0. The van der Waals surface area contributed by atoms with Crippen LogP contribution in [-0.2, 0) is 9.59 Å². The fourth-order valence-electron chi connectivity index (χ4n) is 4.56. The molecule has 33 heavy (non-hydrogen) atoms. The second kappa shape index (κ2) is 14.0. The third kappa shape index (κ3) is 9.18. The maximum absolute atomic E-state index is 13.3. The number of hydrogen-bond acceptors (Lipinski definition) is 3. The first-order valence-electron chi connectivity index (χ1n) is 12.7. The van der Waals surface area contributed by atoms with Gasteiger partial charge >= 0.3 is 0 Å². The van der Waals surface area contributed by atoms with Crippen LogP contribution in [0.1, 0.15) is 88.9 Å². The standard InChI is InChI=1S/C27H43N3O3/c1-5-6-17-30(4)27(33)24(19-21-13-9-7-10-14-21)29-26(32)23(18-20(2)3)28-25(31)22-15-11-8-12-16-22/h8,11-12,15-16,20-21,23-24H,5-7,9-10,13-14,17-19H2,1-4H3,(H,28,31)(H,29,32)/t23-,24-/m0/s1. The van der Waals surface area contributed by atoms with Crippen LogP contribution in [0.15, 0.2) is 30.3 Å². The number of rotatable bonds is 12. The molecule has 6 nitrogen and oxygen atoms in total. The van der Waals surface area contributed by atoms with Crippen LogP contribution in [0.3, 0.4) is 0 Å². The zero-order valence-corrected chi connectivity index (χ0v) is 20.9. The van der Waals surface area contributed by atoms with Crippen LogP contribution in [0.2, 0.25) is 0 Å². The van der Waals surface area contributed by atoms with Gasteiger partial charge in [0.2, 0.25) is 11.8 Å². The molecule has 6 heteroatoms. The van der Waals surface area contributed by atoms with Gasteiger partial charge in [-0.1, -0.05) is 77.5 Å². The highest BCUT2D eigenvalue weighted by Gasteiger charge is 2.31. The van der Waals surface area contributed by atoms with E-state index in [-0.39, 0.29) is 23.6 Å². The van der Waals surface area contributed by atoms with Gasteiger partial charge in [0.25, 0.3) is 5.91 Å². The molecular formula is C27H43N3O3. The predicted molar refractivity (Wildman–Crippen MR) is 133 cm³/mol. The summed E-state index contributed by atoms with van der Waals surface area (Å²) in [6.45, 7) is 6.84. The quantitative estimate of drug-likeness (QED) is 0.483. The molecule has 2 atom stereocenters. The molecule has 0 bridgehead atoms. The Morgan fingerprint density at radius 1 is 1.00 bits per heavy atom. The summed E-state index contributed by atoms with van der Waals surface area (Å²) in [6, 6.07) is 7.70. The van der Waals surface area contributed by atoms with Crippen LogP contribution in [0.5, 0.6) is 0 Å². The first kappa shape index (κ1) is 26.9. The number of carbonyl (C=O) groups excluding carboxylic acids is 3. The van der Waals surface area contributed by atoms with Crippen LogP contribution in [-0.4, -0.2) is 48.3 Å². The van der Waals surface area contributed by atoms with Gasteiger partial charge in [-0.25, -0.2) is 0 Å². The Morgan fingerprint density at radius 2 is 1.67 bits per heavy atom. The number of nitrogens with zero attached hydrogens (tertiary/aromatic N) is 1. The molecule has 184 valence electrons. The molecule has 1 aliphatic rings. The number of unbranched alkanes of at least 4 members (excludes halogenated alkanes) is 1. The number of carbonyl (C=O) groups is 3. The molecule has 1 aliphatic carbocycles. The van der Waals surface area contributed by atoms with Gasteiger partial charge in [-0.15, -0.1) is 0 Å². The maximum atomic E-state index is 13.3. The molecule has 1 saturated carbocycles. The smallest absolute Gasteiger partial charge is 0.251 e. The van der Waals surface area contributed by atoms with E-state index in [1.165, 1.54) is 19.3 Å². The fourth-order valence-corrected chi connectivity index (χ4v) is 4.56. The summed E-state index contributed by atoms with van der Waals surface area (Å²) in [7, 11) is 1.82. The second-order valence-corrected chi connectivity index (χ2v) is 9.94. The first-order valence-corrected chi connectivity index (χ1v) is 12.7. The van der Waals surface area contributed by atoms with Crippen molar-refractivity contribution in [2.45, 2.75) is 90.6 Å². The lowest BCUT2D eigenvalue weighted by Crippen LogP contribution is -2.54. The van der Waals surface area contributed by atoms with Gasteiger partial charge < -0.3 is 15.5 Å². The Balaban J connectivity index is 2.13. The Labute approximate surface area is 199 Å². The minimum absolute atomic E-state index is 0.0277. The van der Waals surface area contributed by atoms with E-state index in [1.807, 2.05) is 27.0 Å². The summed E-state index contributed by atoms with van der Waals surface area (Å²) in [5, 5.41) is 5.94. The Hall–Kier alpha value is -2.37. The van der Waals surface area contributed by atoms with Crippen molar-refractivity contribution in [1.29, 1.82) is 0 Å². The minimum Gasteiger partial charge on any atom is -0.344 e. The van der Waals surface area contributed by atoms with Crippen molar-refractivity contribution in [2.24, 2.45) is 11.8 Å². The van der Waals surface area contributed by atoms with Crippen LogP contribution in [0, 0.1) is 11.8 Å². The van der Waals surface area contributed by atoms with Crippen molar-refractivity contribution in [3.63, 3.8) is 0 Å². The summed E-state index contributed by atoms with van der Waals surface area (Å²) in [5.74, 6) is 0.101. The highest BCUT2D eigenvalue weighted by molar-refractivity contribution is 5.98. The van der Waals surface area contributed by atoms with Crippen molar-refractivity contribution < 1.29 is 14.4 Å². The van der Waals surface area contributed by atoms with E-state index < -0.39 is 12.1 Å². The summed E-state index contributed by atoms with van der Waals surface area (Å²) in [6.07, 6.45) is 8.98. The minimum atomic E-state index is -0.680. The third-order valence-electron chi connectivity index (χ3n) is 6.50. The summed E-state index contributed by atoms with van der Waals surface area (Å²) in [5.41, 5.74) is 0.521. The van der Waals surface area contributed by atoms with Crippen LogP contribution >= 0.6 is 0 Å². The molecule has 1 fully saturated rings. The van der Waals surface area contributed by atoms with Gasteiger partial charge in [0, 0.05) is 19.2 Å². The Bertz CT molecular complexity index is 744. The number of amides is 3. The highest BCUT2D eigenvalue weighted by Crippen LogP contribution is 2.28. The van der Waals surface area contributed by atoms with E-state index in [4.69, 9.17) is 0 Å². The van der Waals surface area contributed by atoms with E-state index >= 15 is 0 Å². The molecule has 3 amide bonds. The molecular weight excluding hydrogens is 414 g/mol.